The van der Waals surface area contributed by atoms with E-state index in [0.717, 1.165) is 50.5 Å². The van der Waals surface area contributed by atoms with Crippen LogP contribution in [0, 0.1) is 6.92 Å². The summed E-state index contributed by atoms with van der Waals surface area (Å²) in [6.07, 6.45) is 1.59. The Morgan fingerprint density at radius 1 is 1.08 bits per heavy atom. The molecule has 0 aliphatic carbocycles. The molecule has 0 radical (unpaired) electrons. The Morgan fingerprint density at radius 3 is 2.77 bits per heavy atom. The van der Waals surface area contributed by atoms with Crippen LogP contribution in [-0.2, 0) is 0 Å². The van der Waals surface area contributed by atoms with E-state index in [4.69, 9.17) is 9.47 Å². The number of aromatic nitrogens is 3. The lowest BCUT2D eigenvalue weighted by molar-refractivity contribution is 0.339. The van der Waals surface area contributed by atoms with E-state index in [-0.39, 0.29) is 0 Å². The standard InChI is InChI=1S/C20H20N4O2/c1-4-26-13-5-8-18(25-3)16(10-13)24-17-9-12(2)23-14-6-7-15-20(19(14)17)22-11-21-15/h5-11,23-24H,4H2,1-3H3. The van der Waals surface area contributed by atoms with E-state index in [1.165, 1.54) is 0 Å². The number of H-pyrrole nitrogens is 1. The largest absolute Gasteiger partial charge is 0.495 e. The summed E-state index contributed by atoms with van der Waals surface area (Å²) in [7, 11) is 1.66. The minimum absolute atomic E-state index is 0.609. The molecule has 0 bridgehead atoms. The van der Waals surface area contributed by atoms with Crippen molar-refractivity contribution in [1.82, 2.24) is 15.0 Å². The molecule has 0 saturated heterocycles. The van der Waals surface area contributed by atoms with Crippen LogP contribution in [0.3, 0.4) is 0 Å². The predicted octanol–water partition coefficient (Wildman–Crippen LogP) is 4.57. The maximum absolute atomic E-state index is 5.63. The molecule has 2 aromatic heterocycles. The van der Waals surface area contributed by atoms with Crippen LogP contribution in [0.15, 0.2) is 42.7 Å². The first-order chi connectivity index (χ1) is 12.7. The smallest absolute Gasteiger partial charge is 0.142 e. The molecule has 2 aromatic carbocycles. The Kier molecular flexibility index (Phi) is 4.08. The topological polar surface area (TPSA) is 72.1 Å². The number of aromatic amines is 1. The molecule has 0 unspecified atom stereocenters. The van der Waals surface area contributed by atoms with Gasteiger partial charge < -0.3 is 19.8 Å². The zero-order valence-corrected chi connectivity index (χ0v) is 15.0. The average Bonchev–Trinajstić information content (AvgIpc) is 3.10. The van der Waals surface area contributed by atoms with Gasteiger partial charge in [-0.05, 0) is 44.2 Å². The highest BCUT2D eigenvalue weighted by atomic mass is 16.5. The van der Waals surface area contributed by atoms with Gasteiger partial charge in [0.1, 0.15) is 23.3 Å². The first-order valence-electron chi connectivity index (χ1n) is 8.50. The highest BCUT2D eigenvalue weighted by Crippen LogP contribution is 2.36. The van der Waals surface area contributed by atoms with Crippen molar-refractivity contribution >= 4 is 33.3 Å². The number of methoxy groups -OCH3 is 1. The van der Waals surface area contributed by atoms with E-state index in [1.54, 1.807) is 13.4 Å². The lowest BCUT2D eigenvalue weighted by atomic mass is 10.1. The van der Waals surface area contributed by atoms with Crippen LogP contribution < -0.4 is 14.8 Å². The van der Waals surface area contributed by atoms with Crippen LogP contribution >= 0.6 is 0 Å². The van der Waals surface area contributed by atoms with Crippen LogP contribution in [0.2, 0.25) is 0 Å². The maximum atomic E-state index is 5.63. The second-order valence-corrected chi connectivity index (χ2v) is 6.02. The SMILES string of the molecule is CCOc1ccc(OC)c(Nc2cc(C)[nH]c3ccc4ncnc4c23)c1. The molecule has 0 atom stereocenters. The number of nitrogens with zero attached hydrogens (tertiary/aromatic N) is 2. The maximum Gasteiger partial charge on any atom is 0.142 e. The van der Waals surface area contributed by atoms with Gasteiger partial charge in [-0.25, -0.2) is 9.97 Å². The van der Waals surface area contributed by atoms with Gasteiger partial charge in [-0.2, -0.15) is 0 Å². The van der Waals surface area contributed by atoms with Gasteiger partial charge in [0.15, 0.2) is 0 Å². The Balaban J connectivity index is 1.89. The number of anilines is 2. The molecule has 132 valence electrons. The normalized spacial score (nSPS) is 11.0. The van der Waals surface area contributed by atoms with Crippen LogP contribution in [0.1, 0.15) is 12.6 Å². The number of imidazole rings is 1. The number of nitrogens with one attached hydrogen (secondary N) is 2. The highest BCUT2D eigenvalue weighted by Gasteiger charge is 2.13. The number of fused-ring (bicyclic) bond motifs is 3. The third-order valence-electron chi connectivity index (χ3n) is 4.25. The fraction of sp³-hybridized carbons (Fsp3) is 0.200. The van der Waals surface area contributed by atoms with E-state index in [2.05, 4.69) is 26.3 Å². The molecule has 2 heterocycles. The lowest BCUT2D eigenvalue weighted by Crippen LogP contribution is -1.99. The molecule has 0 aliphatic rings. The Morgan fingerprint density at radius 2 is 1.96 bits per heavy atom. The van der Waals surface area contributed by atoms with Crippen molar-refractivity contribution in [2.45, 2.75) is 13.8 Å². The van der Waals surface area contributed by atoms with Gasteiger partial charge in [0.25, 0.3) is 0 Å². The first-order valence-corrected chi connectivity index (χ1v) is 8.50. The number of benzene rings is 2. The van der Waals surface area contributed by atoms with E-state index in [0.29, 0.717) is 6.61 Å². The van der Waals surface area contributed by atoms with Gasteiger partial charge in [-0.15, -0.1) is 0 Å². The third-order valence-corrected chi connectivity index (χ3v) is 4.25. The van der Waals surface area contributed by atoms with Crippen molar-refractivity contribution in [3.63, 3.8) is 0 Å². The molecule has 0 saturated carbocycles. The molecular weight excluding hydrogens is 328 g/mol. The van der Waals surface area contributed by atoms with Crippen molar-refractivity contribution in [1.29, 1.82) is 0 Å². The summed E-state index contributed by atoms with van der Waals surface area (Å²) in [5.74, 6) is 1.53. The van der Waals surface area contributed by atoms with Crippen LogP contribution in [0.4, 0.5) is 11.4 Å². The van der Waals surface area contributed by atoms with Crippen molar-refractivity contribution in [2.24, 2.45) is 0 Å². The van der Waals surface area contributed by atoms with Gasteiger partial charge >= 0.3 is 0 Å². The van der Waals surface area contributed by atoms with Crippen molar-refractivity contribution in [3.05, 3.63) is 48.4 Å². The second-order valence-electron chi connectivity index (χ2n) is 6.02. The van der Waals surface area contributed by atoms with Gasteiger partial charge in [0.2, 0.25) is 0 Å². The highest BCUT2D eigenvalue weighted by molar-refractivity contribution is 6.10. The Labute approximate surface area is 151 Å². The van der Waals surface area contributed by atoms with E-state index < -0.39 is 0 Å². The summed E-state index contributed by atoms with van der Waals surface area (Å²) >= 11 is 0. The van der Waals surface area contributed by atoms with E-state index in [1.807, 2.05) is 44.2 Å². The molecule has 0 aliphatic heterocycles. The summed E-state index contributed by atoms with van der Waals surface area (Å²) < 4.78 is 11.1. The molecule has 4 rings (SSSR count). The number of ether oxygens (including phenoxy) is 2. The molecule has 6 heteroatoms. The van der Waals surface area contributed by atoms with Crippen molar-refractivity contribution < 1.29 is 9.47 Å². The number of hydrogen-bond donors (Lipinski definition) is 2. The molecule has 0 spiro atoms. The molecule has 26 heavy (non-hydrogen) atoms. The molecule has 0 amide bonds. The monoisotopic (exact) mass is 348 g/mol. The van der Waals surface area contributed by atoms with Crippen LogP contribution in [0.5, 0.6) is 11.5 Å². The van der Waals surface area contributed by atoms with Gasteiger partial charge in [-0.1, -0.05) is 0 Å². The van der Waals surface area contributed by atoms with Crippen molar-refractivity contribution in [3.8, 4) is 11.5 Å². The minimum atomic E-state index is 0.609. The number of hydrogen-bond acceptors (Lipinski definition) is 5. The molecule has 4 aromatic rings. The summed E-state index contributed by atoms with van der Waals surface area (Å²) in [5.41, 5.74) is 5.55. The number of rotatable bonds is 5. The third kappa shape index (κ3) is 2.79. The van der Waals surface area contributed by atoms with Gasteiger partial charge in [-0.3, -0.25) is 0 Å². The summed E-state index contributed by atoms with van der Waals surface area (Å²) in [5, 5.41) is 4.49. The summed E-state index contributed by atoms with van der Waals surface area (Å²) in [4.78, 5) is 12.1. The van der Waals surface area contributed by atoms with Crippen LogP contribution in [0.25, 0.3) is 21.9 Å². The predicted molar refractivity (Wildman–Crippen MR) is 104 cm³/mol. The fourth-order valence-electron chi connectivity index (χ4n) is 3.16. The average molecular weight is 348 g/mol. The molecule has 0 fully saturated rings. The number of aryl methyl sites for hydroxylation is 1. The summed E-state index contributed by atoms with van der Waals surface area (Å²) in [6.45, 7) is 4.60. The van der Waals surface area contributed by atoms with Gasteiger partial charge in [0, 0.05) is 22.7 Å². The van der Waals surface area contributed by atoms with E-state index >= 15 is 0 Å². The lowest BCUT2D eigenvalue weighted by Gasteiger charge is -2.16. The number of pyridine rings is 1. The van der Waals surface area contributed by atoms with Crippen LogP contribution in [-0.4, -0.2) is 28.7 Å². The zero-order chi connectivity index (χ0) is 18.1. The molecule has 2 N–H and O–H groups in total. The van der Waals surface area contributed by atoms with Crippen molar-refractivity contribution in [2.75, 3.05) is 19.0 Å². The van der Waals surface area contributed by atoms with E-state index in [9.17, 15) is 0 Å². The quantitative estimate of drug-likeness (QED) is 0.553. The zero-order valence-electron chi connectivity index (χ0n) is 15.0. The Bertz CT molecular complexity index is 1090. The van der Waals surface area contributed by atoms with Gasteiger partial charge in [0.05, 0.1) is 30.6 Å². The first kappa shape index (κ1) is 16.2. The fourth-order valence-corrected chi connectivity index (χ4v) is 3.16. The minimum Gasteiger partial charge on any atom is -0.495 e. The second kappa shape index (κ2) is 6.55. The molecular formula is C20H20N4O2. The Hall–Kier alpha value is -3.28. The summed E-state index contributed by atoms with van der Waals surface area (Å²) in [6, 6.07) is 11.8. The molecule has 6 nitrogen and oxygen atoms in total.